The van der Waals surface area contributed by atoms with E-state index in [1.165, 1.54) is 10.7 Å². The Kier molecular flexibility index (Phi) is 3.82. The number of fused-ring (bicyclic) bond motifs is 1. The summed E-state index contributed by atoms with van der Waals surface area (Å²) in [5, 5.41) is 6.76. The summed E-state index contributed by atoms with van der Waals surface area (Å²) >= 11 is 0. The first-order valence-electron chi connectivity index (χ1n) is 8.54. The van der Waals surface area contributed by atoms with Gasteiger partial charge >= 0.3 is 0 Å². The van der Waals surface area contributed by atoms with E-state index in [0.717, 1.165) is 6.42 Å². The van der Waals surface area contributed by atoms with Crippen LogP contribution in [0.4, 0.5) is 0 Å². The summed E-state index contributed by atoms with van der Waals surface area (Å²) in [6, 6.07) is -0.328. The van der Waals surface area contributed by atoms with Crippen LogP contribution in [-0.2, 0) is 0 Å². The van der Waals surface area contributed by atoms with Crippen LogP contribution >= 0.6 is 0 Å². The van der Waals surface area contributed by atoms with E-state index < -0.39 is 11.5 Å². The van der Waals surface area contributed by atoms with Gasteiger partial charge in [0.15, 0.2) is 5.82 Å². The first-order valence-corrected chi connectivity index (χ1v) is 8.54. The molecule has 10 heteroatoms. The molecule has 10 nitrogen and oxygen atoms in total. The highest BCUT2D eigenvalue weighted by Crippen LogP contribution is 2.32. The molecule has 3 aromatic rings. The summed E-state index contributed by atoms with van der Waals surface area (Å²) < 4.78 is 6.54. The molecule has 1 aliphatic rings. The van der Waals surface area contributed by atoms with Gasteiger partial charge in [-0.15, -0.1) is 0 Å². The lowest BCUT2D eigenvalue weighted by Crippen LogP contribution is -2.35. The first-order chi connectivity index (χ1) is 12.5. The Morgan fingerprint density at radius 3 is 2.92 bits per heavy atom. The molecule has 0 saturated carbocycles. The number of aromatic amines is 1. The largest absolute Gasteiger partial charge is 0.337 e. The van der Waals surface area contributed by atoms with Crippen molar-refractivity contribution in [2.24, 2.45) is 0 Å². The first kappa shape index (κ1) is 16.4. The Bertz CT molecular complexity index is 1030. The monoisotopic (exact) mass is 357 g/mol. The summed E-state index contributed by atoms with van der Waals surface area (Å²) in [5.41, 5.74) is -0.485. The molecule has 0 aliphatic carbocycles. The molecular weight excluding hydrogens is 338 g/mol. The second-order valence-electron chi connectivity index (χ2n) is 6.72. The van der Waals surface area contributed by atoms with Crippen molar-refractivity contribution in [2.45, 2.75) is 45.6 Å². The van der Waals surface area contributed by atoms with Crippen molar-refractivity contribution in [3.63, 3.8) is 0 Å². The molecule has 4 rings (SSSR count). The SMILES string of the molecule is Cc1nc2ncc(C(=O)N3CCC[C@@H]3c3nc(C(C)C)no3)c(=O)n2[nH]1. The lowest BCUT2D eigenvalue weighted by Gasteiger charge is -2.21. The molecule has 0 unspecified atom stereocenters. The Morgan fingerprint density at radius 2 is 2.19 bits per heavy atom. The predicted octanol–water partition coefficient (Wildman–Crippen LogP) is 1.21. The maximum Gasteiger partial charge on any atom is 0.286 e. The molecule has 0 spiro atoms. The number of likely N-dealkylation sites (tertiary alicyclic amines) is 1. The fourth-order valence-electron chi connectivity index (χ4n) is 3.15. The van der Waals surface area contributed by atoms with E-state index in [1.54, 1.807) is 11.8 Å². The summed E-state index contributed by atoms with van der Waals surface area (Å²) in [6.45, 7) is 6.18. The highest BCUT2D eigenvalue weighted by Gasteiger charge is 2.36. The van der Waals surface area contributed by atoms with E-state index in [4.69, 9.17) is 4.52 Å². The minimum absolute atomic E-state index is 0.0124. The van der Waals surface area contributed by atoms with Gasteiger partial charge in [0.1, 0.15) is 17.4 Å². The van der Waals surface area contributed by atoms with Gasteiger partial charge in [-0.25, -0.2) is 4.98 Å². The molecule has 26 heavy (non-hydrogen) atoms. The van der Waals surface area contributed by atoms with Crippen LogP contribution in [0.2, 0.25) is 0 Å². The highest BCUT2D eigenvalue weighted by molar-refractivity contribution is 5.94. The molecule has 0 radical (unpaired) electrons. The molecule has 136 valence electrons. The fraction of sp³-hybridized carbons (Fsp3) is 0.500. The highest BCUT2D eigenvalue weighted by atomic mass is 16.5. The third kappa shape index (κ3) is 2.57. The van der Waals surface area contributed by atoms with Gasteiger partial charge in [-0.1, -0.05) is 19.0 Å². The van der Waals surface area contributed by atoms with Crippen molar-refractivity contribution in [1.82, 2.24) is 34.6 Å². The molecule has 1 aliphatic heterocycles. The van der Waals surface area contributed by atoms with Crippen molar-refractivity contribution in [3.8, 4) is 0 Å². The maximum atomic E-state index is 13.0. The summed E-state index contributed by atoms with van der Waals surface area (Å²) in [5.74, 6) is 1.54. The number of rotatable bonds is 3. The number of nitrogens with zero attached hydrogens (tertiary/aromatic N) is 6. The quantitative estimate of drug-likeness (QED) is 0.747. The average Bonchev–Trinajstić information content (AvgIpc) is 3.32. The molecule has 4 heterocycles. The number of aromatic nitrogens is 6. The molecule has 1 atom stereocenters. The summed E-state index contributed by atoms with van der Waals surface area (Å²) in [7, 11) is 0. The second-order valence-corrected chi connectivity index (χ2v) is 6.72. The number of amides is 1. The van der Waals surface area contributed by atoms with Crippen LogP contribution in [0.1, 0.15) is 66.5 Å². The minimum atomic E-state index is -0.473. The molecule has 1 saturated heterocycles. The molecule has 1 N–H and O–H groups in total. The Labute approximate surface area is 148 Å². The van der Waals surface area contributed by atoms with Gasteiger partial charge < -0.3 is 9.42 Å². The smallest absolute Gasteiger partial charge is 0.286 e. The van der Waals surface area contributed by atoms with Crippen molar-refractivity contribution < 1.29 is 9.32 Å². The zero-order chi connectivity index (χ0) is 18.4. The topological polar surface area (TPSA) is 122 Å². The third-order valence-corrected chi connectivity index (χ3v) is 4.49. The summed E-state index contributed by atoms with van der Waals surface area (Å²) in [4.78, 5) is 39.8. The Balaban J connectivity index is 1.68. The molecule has 3 aromatic heterocycles. The van der Waals surface area contributed by atoms with Gasteiger partial charge in [0.05, 0.1) is 0 Å². The lowest BCUT2D eigenvalue weighted by atomic mass is 10.2. The summed E-state index contributed by atoms with van der Waals surface area (Å²) in [6.07, 6.45) is 2.80. The van der Waals surface area contributed by atoms with Crippen molar-refractivity contribution in [2.75, 3.05) is 6.54 Å². The van der Waals surface area contributed by atoms with E-state index >= 15 is 0 Å². The second kappa shape index (κ2) is 6.04. The van der Waals surface area contributed by atoms with Gasteiger partial charge in [-0.3, -0.25) is 14.7 Å². The van der Waals surface area contributed by atoms with Gasteiger partial charge in [0.25, 0.3) is 17.2 Å². The van der Waals surface area contributed by atoms with Crippen LogP contribution in [0.25, 0.3) is 5.78 Å². The maximum absolute atomic E-state index is 13.0. The average molecular weight is 357 g/mol. The normalized spacial score (nSPS) is 17.5. The molecule has 1 fully saturated rings. The van der Waals surface area contributed by atoms with Gasteiger partial charge in [-0.05, 0) is 19.8 Å². The van der Waals surface area contributed by atoms with E-state index in [1.807, 2.05) is 13.8 Å². The number of H-pyrrole nitrogens is 1. The van der Waals surface area contributed by atoms with E-state index in [-0.39, 0.29) is 23.3 Å². The Morgan fingerprint density at radius 1 is 1.38 bits per heavy atom. The molecule has 0 aromatic carbocycles. The standard InChI is InChI=1S/C16H19N7O3/c1-8(2)12-19-13(26-21-12)11-5-4-6-22(11)14(24)10-7-17-16-18-9(3)20-23(16)15(10)25/h7-8,11H,4-6H2,1-3H3,(H,17,18,20)/t11-/m1/s1. The zero-order valence-electron chi connectivity index (χ0n) is 14.8. The van der Waals surface area contributed by atoms with Crippen LogP contribution in [0, 0.1) is 6.92 Å². The Hall–Kier alpha value is -3.04. The molecule has 0 bridgehead atoms. The van der Waals surface area contributed by atoms with E-state index in [0.29, 0.717) is 30.5 Å². The lowest BCUT2D eigenvalue weighted by molar-refractivity contribution is 0.0707. The van der Waals surface area contributed by atoms with E-state index in [2.05, 4.69) is 25.2 Å². The molecular formula is C16H19N7O3. The van der Waals surface area contributed by atoms with Crippen LogP contribution < -0.4 is 5.56 Å². The molecule has 1 amide bonds. The van der Waals surface area contributed by atoms with Crippen molar-refractivity contribution in [1.29, 1.82) is 0 Å². The van der Waals surface area contributed by atoms with Crippen LogP contribution in [-0.4, -0.2) is 47.1 Å². The fourth-order valence-corrected chi connectivity index (χ4v) is 3.15. The van der Waals surface area contributed by atoms with E-state index in [9.17, 15) is 9.59 Å². The van der Waals surface area contributed by atoms with Crippen LogP contribution in [0.3, 0.4) is 0 Å². The van der Waals surface area contributed by atoms with Gasteiger partial charge in [0.2, 0.25) is 5.89 Å². The number of hydrogen-bond donors (Lipinski definition) is 1. The zero-order valence-corrected chi connectivity index (χ0v) is 14.8. The third-order valence-electron chi connectivity index (χ3n) is 4.49. The number of hydrogen-bond acceptors (Lipinski definition) is 7. The van der Waals surface area contributed by atoms with Crippen molar-refractivity contribution in [3.05, 3.63) is 39.7 Å². The minimum Gasteiger partial charge on any atom is -0.337 e. The van der Waals surface area contributed by atoms with Crippen LogP contribution in [0.5, 0.6) is 0 Å². The van der Waals surface area contributed by atoms with Gasteiger partial charge in [-0.2, -0.15) is 14.5 Å². The number of carbonyl (C=O) groups excluding carboxylic acids is 1. The number of aryl methyl sites for hydroxylation is 1. The predicted molar refractivity (Wildman–Crippen MR) is 89.7 cm³/mol. The van der Waals surface area contributed by atoms with Crippen LogP contribution in [0.15, 0.2) is 15.5 Å². The van der Waals surface area contributed by atoms with Gasteiger partial charge in [0, 0.05) is 18.7 Å². The number of carbonyl (C=O) groups is 1. The number of nitrogens with one attached hydrogen (secondary N) is 1. The van der Waals surface area contributed by atoms with Crippen molar-refractivity contribution >= 4 is 11.7 Å².